The molecular weight excluding hydrogens is 374 g/mol. The van der Waals surface area contributed by atoms with Crippen LogP contribution in [0.15, 0.2) is 0 Å². The third kappa shape index (κ3) is 4.97. The van der Waals surface area contributed by atoms with Crippen LogP contribution in [0.4, 0.5) is 14.6 Å². The molecule has 2 rings (SSSR count). The molecule has 9 nitrogen and oxygen atoms in total. The molecule has 0 saturated carbocycles. The number of thiophene rings is 1. The number of rotatable bonds is 5. The molecule has 1 aliphatic rings. The lowest BCUT2D eigenvalue weighted by Crippen LogP contribution is -2.36. The van der Waals surface area contributed by atoms with Crippen LogP contribution in [0.5, 0.6) is 0 Å². The summed E-state index contributed by atoms with van der Waals surface area (Å²) in [6.45, 7) is 2.63. The molecule has 2 heterocycles. The number of carbonyl (C=O) groups excluding carboxylic acids is 4. The summed E-state index contributed by atoms with van der Waals surface area (Å²) >= 11 is 1.22. The molecule has 27 heavy (non-hydrogen) atoms. The van der Waals surface area contributed by atoms with Crippen molar-refractivity contribution in [2.75, 3.05) is 26.1 Å². The van der Waals surface area contributed by atoms with Crippen molar-refractivity contribution in [2.45, 2.75) is 39.2 Å². The van der Waals surface area contributed by atoms with Crippen molar-refractivity contribution < 1.29 is 28.7 Å². The number of fused-ring (bicyclic) bond motifs is 1. The number of nitrogens with zero attached hydrogens (tertiary/aromatic N) is 1. The first-order valence-corrected chi connectivity index (χ1v) is 9.39. The molecule has 0 unspecified atom stereocenters. The Morgan fingerprint density at radius 2 is 1.93 bits per heavy atom. The first-order valence-electron chi connectivity index (χ1n) is 8.57. The van der Waals surface area contributed by atoms with Crippen molar-refractivity contribution in [1.29, 1.82) is 0 Å². The van der Waals surface area contributed by atoms with Crippen molar-refractivity contribution in [1.82, 2.24) is 10.2 Å². The summed E-state index contributed by atoms with van der Waals surface area (Å²) in [6, 6.07) is 0. The predicted molar refractivity (Wildman–Crippen MR) is 98.9 cm³/mol. The van der Waals surface area contributed by atoms with Crippen molar-refractivity contribution in [3.63, 3.8) is 0 Å². The number of anilines is 1. The minimum Gasteiger partial charge on any atom is -0.453 e. The summed E-state index contributed by atoms with van der Waals surface area (Å²) in [5.74, 6) is -0.843. The Bertz CT molecular complexity index is 745. The van der Waals surface area contributed by atoms with Gasteiger partial charge in [-0.25, -0.2) is 9.59 Å². The molecule has 4 amide bonds. The fourth-order valence-corrected chi connectivity index (χ4v) is 4.03. The average molecular weight is 397 g/mol. The van der Waals surface area contributed by atoms with Crippen molar-refractivity contribution in [3.05, 3.63) is 16.0 Å². The van der Waals surface area contributed by atoms with Gasteiger partial charge in [-0.05, 0) is 18.4 Å². The Morgan fingerprint density at radius 1 is 1.19 bits per heavy atom. The Hall–Kier alpha value is -2.62. The van der Waals surface area contributed by atoms with Gasteiger partial charge in [0.15, 0.2) is 0 Å². The van der Waals surface area contributed by atoms with Gasteiger partial charge in [0.25, 0.3) is 5.91 Å². The SMILES string of the molecule is CCCCC(=O)Nc1sc2c(c1C(=O)NC(=O)OC)CCN(C(=O)OC)C2. The van der Waals surface area contributed by atoms with E-state index in [0.29, 0.717) is 30.0 Å². The van der Waals surface area contributed by atoms with Crippen LogP contribution in [0.3, 0.4) is 0 Å². The van der Waals surface area contributed by atoms with E-state index in [2.05, 4.69) is 15.4 Å². The van der Waals surface area contributed by atoms with Crippen LogP contribution in [0.1, 0.15) is 47.0 Å². The molecule has 0 radical (unpaired) electrons. The normalized spacial score (nSPS) is 12.8. The number of methoxy groups -OCH3 is 2. The van der Waals surface area contributed by atoms with Gasteiger partial charge in [0, 0.05) is 17.8 Å². The lowest BCUT2D eigenvalue weighted by atomic mass is 10.0. The summed E-state index contributed by atoms with van der Waals surface area (Å²) in [6.07, 6.45) is 1.02. The van der Waals surface area contributed by atoms with Gasteiger partial charge in [0.2, 0.25) is 5.91 Å². The number of nitrogens with one attached hydrogen (secondary N) is 2. The van der Waals surface area contributed by atoms with Crippen LogP contribution in [-0.2, 0) is 27.2 Å². The Morgan fingerprint density at radius 3 is 2.56 bits per heavy atom. The van der Waals surface area contributed by atoms with E-state index in [1.54, 1.807) is 0 Å². The molecule has 0 aromatic carbocycles. The van der Waals surface area contributed by atoms with Crippen LogP contribution in [0.2, 0.25) is 0 Å². The molecule has 10 heteroatoms. The molecule has 0 spiro atoms. The van der Waals surface area contributed by atoms with Crippen LogP contribution in [0.25, 0.3) is 0 Å². The van der Waals surface area contributed by atoms with E-state index in [9.17, 15) is 19.2 Å². The maximum atomic E-state index is 12.6. The van der Waals surface area contributed by atoms with Gasteiger partial charge in [-0.1, -0.05) is 13.3 Å². The number of hydrogen-bond donors (Lipinski definition) is 2. The molecule has 1 aliphatic heterocycles. The van der Waals surface area contributed by atoms with Crippen molar-refractivity contribution in [2.24, 2.45) is 0 Å². The van der Waals surface area contributed by atoms with Gasteiger partial charge in [-0.15, -0.1) is 11.3 Å². The Labute approximate surface area is 161 Å². The molecule has 2 N–H and O–H groups in total. The molecular formula is C17H23N3O6S. The van der Waals surface area contributed by atoms with Crippen LogP contribution in [-0.4, -0.2) is 49.7 Å². The van der Waals surface area contributed by atoms with E-state index in [0.717, 1.165) is 24.8 Å². The number of amides is 4. The Kier molecular flexibility index (Phi) is 7.17. The second-order valence-electron chi connectivity index (χ2n) is 5.95. The third-order valence-electron chi connectivity index (χ3n) is 4.13. The van der Waals surface area contributed by atoms with E-state index in [1.165, 1.54) is 23.3 Å². The van der Waals surface area contributed by atoms with Gasteiger partial charge in [-0.3, -0.25) is 14.9 Å². The molecule has 0 bridgehead atoms. The number of ether oxygens (including phenoxy) is 2. The zero-order valence-corrected chi connectivity index (χ0v) is 16.4. The highest BCUT2D eigenvalue weighted by atomic mass is 32.1. The smallest absolute Gasteiger partial charge is 0.413 e. The monoisotopic (exact) mass is 397 g/mol. The number of imide groups is 1. The highest BCUT2D eigenvalue weighted by Gasteiger charge is 2.31. The van der Waals surface area contributed by atoms with Crippen LogP contribution >= 0.6 is 11.3 Å². The molecule has 0 atom stereocenters. The molecule has 1 aromatic rings. The highest BCUT2D eigenvalue weighted by molar-refractivity contribution is 7.17. The fourth-order valence-electron chi connectivity index (χ4n) is 2.75. The van der Waals surface area contributed by atoms with Crippen molar-refractivity contribution in [3.8, 4) is 0 Å². The van der Waals surface area contributed by atoms with Gasteiger partial charge in [-0.2, -0.15) is 0 Å². The second kappa shape index (κ2) is 9.36. The maximum absolute atomic E-state index is 12.6. The topological polar surface area (TPSA) is 114 Å². The molecule has 0 saturated heterocycles. The van der Waals surface area contributed by atoms with Crippen molar-refractivity contribution >= 4 is 40.3 Å². The quantitative estimate of drug-likeness (QED) is 0.789. The minimum absolute atomic E-state index is 0.201. The third-order valence-corrected chi connectivity index (χ3v) is 5.26. The van der Waals surface area contributed by atoms with Gasteiger partial charge in [0.05, 0.1) is 26.3 Å². The highest BCUT2D eigenvalue weighted by Crippen LogP contribution is 2.37. The average Bonchev–Trinajstić information content (AvgIpc) is 3.02. The molecule has 1 aromatic heterocycles. The number of hydrogen-bond acceptors (Lipinski definition) is 7. The molecule has 0 fully saturated rings. The van der Waals surface area contributed by atoms with Gasteiger partial charge < -0.3 is 19.7 Å². The fraction of sp³-hybridized carbons (Fsp3) is 0.529. The van der Waals surface area contributed by atoms with E-state index in [1.807, 2.05) is 6.92 Å². The summed E-state index contributed by atoms with van der Waals surface area (Å²) in [7, 11) is 2.47. The summed E-state index contributed by atoms with van der Waals surface area (Å²) < 4.78 is 9.22. The van der Waals surface area contributed by atoms with E-state index in [4.69, 9.17) is 4.74 Å². The van der Waals surface area contributed by atoms with Gasteiger partial charge >= 0.3 is 12.2 Å². The van der Waals surface area contributed by atoms with Crippen LogP contribution < -0.4 is 10.6 Å². The molecule has 0 aliphatic carbocycles. The Balaban J connectivity index is 2.32. The zero-order valence-electron chi connectivity index (χ0n) is 15.5. The number of unbranched alkanes of at least 4 members (excludes halogenated alkanes) is 1. The number of alkyl carbamates (subject to hydrolysis) is 1. The second-order valence-corrected chi connectivity index (χ2v) is 7.05. The largest absolute Gasteiger partial charge is 0.453 e. The number of carbonyl (C=O) groups is 4. The first kappa shape index (κ1) is 20.7. The van der Waals surface area contributed by atoms with E-state index < -0.39 is 18.1 Å². The minimum atomic E-state index is -0.879. The summed E-state index contributed by atoms with van der Waals surface area (Å²) in [5, 5.41) is 5.27. The van der Waals surface area contributed by atoms with Crippen LogP contribution in [0, 0.1) is 0 Å². The lowest BCUT2D eigenvalue weighted by Gasteiger charge is -2.25. The lowest BCUT2D eigenvalue weighted by molar-refractivity contribution is -0.116. The van der Waals surface area contributed by atoms with E-state index in [-0.39, 0.29) is 18.0 Å². The molecule has 148 valence electrons. The zero-order chi connectivity index (χ0) is 20.0. The standard InChI is InChI=1S/C17H23N3O6S/c1-4-5-6-12(21)18-15-13(14(22)19-16(23)25-2)10-7-8-20(17(24)26-3)9-11(10)27-15/h4-9H2,1-3H3,(H,18,21)(H,19,22,23). The summed E-state index contributed by atoms with van der Waals surface area (Å²) in [5.41, 5.74) is 0.960. The maximum Gasteiger partial charge on any atom is 0.413 e. The van der Waals surface area contributed by atoms with Gasteiger partial charge in [0.1, 0.15) is 5.00 Å². The predicted octanol–water partition coefficient (Wildman–Crippen LogP) is 2.50. The summed E-state index contributed by atoms with van der Waals surface area (Å²) in [4.78, 5) is 50.2. The first-order chi connectivity index (χ1) is 12.9. The van der Waals surface area contributed by atoms with E-state index >= 15 is 0 Å².